The molecule has 0 unspecified atom stereocenters. The first-order chi connectivity index (χ1) is 8.74. The van der Waals surface area contributed by atoms with E-state index in [0.717, 1.165) is 25.2 Å². The van der Waals surface area contributed by atoms with E-state index in [-0.39, 0.29) is 5.91 Å². The number of hydrogen-bond donors (Lipinski definition) is 1. The summed E-state index contributed by atoms with van der Waals surface area (Å²) >= 11 is 0. The highest BCUT2D eigenvalue weighted by molar-refractivity contribution is 5.76. The Bertz CT molecular complexity index is 434. The van der Waals surface area contributed by atoms with Crippen LogP contribution >= 0.6 is 0 Å². The van der Waals surface area contributed by atoms with Crippen molar-refractivity contribution in [1.29, 1.82) is 0 Å². The lowest BCUT2D eigenvalue weighted by Crippen LogP contribution is -2.32. The van der Waals surface area contributed by atoms with E-state index in [1.165, 1.54) is 12.8 Å². The molecule has 1 aromatic rings. The summed E-state index contributed by atoms with van der Waals surface area (Å²) in [7, 11) is 1.90. The Balaban J connectivity index is 1.57. The van der Waals surface area contributed by atoms with Gasteiger partial charge in [-0.1, -0.05) is 0 Å². The quantitative estimate of drug-likeness (QED) is 0.808. The molecule has 0 saturated heterocycles. The average molecular weight is 248 g/mol. The number of carbonyl (C=O) groups is 1. The fourth-order valence-electron chi connectivity index (χ4n) is 2.10. The van der Waals surface area contributed by atoms with Crippen LogP contribution in [0.1, 0.15) is 31.5 Å². The second-order valence-corrected chi connectivity index (χ2v) is 5.36. The number of aromatic nitrogens is 2. The molecular formula is C13H20N4O. The summed E-state index contributed by atoms with van der Waals surface area (Å²) in [5.74, 6) is 1.14. The molecular weight excluding hydrogens is 228 g/mol. The number of imidazole rings is 1. The van der Waals surface area contributed by atoms with Crippen LogP contribution in [0.5, 0.6) is 0 Å². The minimum absolute atomic E-state index is 0.183. The zero-order valence-electron chi connectivity index (χ0n) is 10.8. The summed E-state index contributed by atoms with van der Waals surface area (Å²) < 4.78 is 1.95. The third-order valence-corrected chi connectivity index (χ3v) is 3.72. The van der Waals surface area contributed by atoms with Crippen LogP contribution in [0, 0.1) is 0 Å². The van der Waals surface area contributed by atoms with E-state index in [2.05, 4.69) is 10.3 Å². The van der Waals surface area contributed by atoms with E-state index >= 15 is 0 Å². The van der Waals surface area contributed by atoms with Crippen LogP contribution in [0.15, 0.2) is 12.4 Å². The first-order valence-electron chi connectivity index (χ1n) is 6.73. The lowest BCUT2D eigenvalue weighted by Gasteiger charge is -2.17. The monoisotopic (exact) mass is 248 g/mol. The molecule has 3 rings (SSSR count). The maximum Gasteiger partial charge on any atom is 0.242 e. The number of nitrogens with one attached hydrogen (secondary N) is 1. The van der Waals surface area contributed by atoms with E-state index in [0.29, 0.717) is 18.6 Å². The standard InChI is InChI=1S/C13H20N4O/c1-16(11-4-5-11)13(18)9-17-7-6-14-12(17)8-15-10-2-3-10/h6-7,10-11,15H,2-5,8-9H2,1H3. The van der Waals surface area contributed by atoms with E-state index in [9.17, 15) is 4.79 Å². The third-order valence-electron chi connectivity index (χ3n) is 3.72. The second-order valence-electron chi connectivity index (χ2n) is 5.36. The summed E-state index contributed by atoms with van der Waals surface area (Å²) in [5, 5.41) is 3.43. The summed E-state index contributed by atoms with van der Waals surface area (Å²) in [6.07, 6.45) is 8.51. The van der Waals surface area contributed by atoms with Crippen LogP contribution in [-0.4, -0.2) is 39.5 Å². The van der Waals surface area contributed by atoms with Gasteiger partial charge in [-0.25, -0.2) is 4.98 Å². The van der Waals surface area contributed by atoms with E-state index in [4.69, 9.17) is 0 Å². The van der Waals surface area contributed by atoms with Gasteiger partial charge < -0.3 is 14.8 Å². The number of nitrogens with zero attached hydrogens (tertiary/aromatic N) is 3. The molecule has 1 N–H and O–H groups in total. The van der Waals surface area contributed by atoms with Crippen molar-refractivity contribution in [2.24, 2.45) is 0 Å². The molecule has 0 radical (unpaired) electrons. The third kappa shape index (κ3) is 2.72. The zero-order valence-corrected chi connectivity index (χ0v) is 10.8. The molecule has 0 aromatic carbocycles. The maximum atomic E-state index is 12.1. The van der Waals surface area contributed by atoms with E-state index < -0.39 is 0 Å². The van der Waals surface area contributed by atoms with Crippen LogP contribution in [-0.2, 0) is 17.9 Å². The Kier molecular flexibility index (Phi) is 3.07. The van der Waals surface area contributed by atoms with Gasteiger partial charge in [-0.3, -0.25) is 4.79 Å². The number of rotatable bonds is 6. The number of hydrogen-bond acceptors (Lipinski definition) is 3. The van der Waals surface area contributed by atoms with Crippen molar-refractivity contribution in [2.75, 3.05) is 7.05 Å². The summed E-state index contributed by atoms with van der Waals surface area (Å²) in [6.45, 7) is 1.17. The number of carbonyl (C=O) groups excluding carboxylic acids is 1. The van der Waals surface area contributed by atoms with Gasteiger partial charge in [-0.15, -0.1) is 0 Å². The van der Waals surface area contributed by atoms with Crippen LogP contribution < -0.4 is 5.32 Å². The molecule has 0 spiro atoms. The molecule has 2 aliphatic rings. The van der Waals surface area contributed by atoms with E-state index in [1.54, 1.807) is 6.20 Å². The second kappa shape index (κ2) is 4.72. The molecule has 5 heteroatoms. The molecule has 0 atom stereocenters. The minimum atomic E-state index is 0.183. The predicted octanol–water partition coefficient (Wildman–Crippen LogP) is 0.756. The lowest BCUT2D eigenvalue weighted by molar-refractivity contribution is -0.131. The molecule has 5 nitrogen and oxygen atoms in total. The Hall–Kier alpha value is -1.36. The minimum Gasteiger partial charge on any atom is -0.341 e. The number of likely N-dealkylation sites (N-methyl/N-ethyl adjacent to an activating group) is 1. The highest BCUT2D eigenvalue weighted by atomic mass is 16.2. The topological polar surface area (TPSA) is 50.2 Å². The molecule has 0 aliphatic heterocycles. The van der Waals surface area contributed by atoms with E-state index in [1.807, 2.05) is 22.7 Å². The highest BCUT2D eigenvalue weighted by Crippen LogP contribution is 2.25. The van der Waals surface area contributed by atoms with Gasteiger partial charge in [-0.05, 0) is 25.7 Å². The van der Waals surface area contributed by atoms with Gasteiger partial charge in [0.15, 0.2) is 0 Å². The van der Waals surface area contributed by atoms with Gasteiger partial charge in [-0.2, -0.15) is 0 Å². The zero-order chi connectivity index (χ0) is 12.5. The van der Waals surface area contributed by atoms with Crippen LogP contribution in [0.2, 0.25) is 0 Å². The Morgan fingerprint density at radius 1 is 1.50 bits per heavy atom. The van der Waals surface area contributed by atoms with Crippen LogP contribution in [0.4, 0.5) is 0 Å². The van der Waals surface area contributed by atoms with Crippen molar-refractivity contribution in [3.05, 3.63) is 18.2 Å². The fourth-order valence-corrected chi connectivity index (χ4v) is 2.10. The Morgan fingerprint density at radius 2 is 2.28 bits per heavy atom. The van der Waals surface area contributed by atoms with Crippen molar-refractivity contribution < 1.29 is 4.79 Å². The van der Waals surface area contributed by atoms with Crippen LogP contribution in [0.3, 0.4) is 0 Å². The SMILES string of the molecule is CN(C(=O)Cn1ccnc1CNC1CC1)C1CC1. The van der Waals surface area contributed by atoms with Gasteiger partial charge in [0.1, 0.15) is 12.4 Å². The molecule has 1 aromatic heterocycles. The summed E-state index contributed by atoms with van der Waals surface area (Å²) in [5.41, 5.74) is 0. The van der Waals surface area contributed by atoms with Crippen molar-refractivity contribution >= 4 is 5.91 Å². The number of amides is 1. The van der Waals surface area contributed by atoms with Gasteiger partial charge in [0, 0.05) is 31.5 Å². The highest BCUT2D eigenvalue weighted by Gasteiger charge is 2.29. The first-order valence-corrected chi connectivity index (χ1v) is 6.73. The molecule has 2 aliphatic carbocycles. The van der Waals surface area contributed by atoms with Gasteiger partial charge >= 0.3 is 0 Å². The smallest absolute Gasteiger partial charge is 0.242 e. The fraction of sp³-hybridized carbons (Fsp3) is 0.692. The van der Waals surface area contributed by atoms with Gasteiger partial charge in [0.25, 0.3) is 0 Å². The average Bonchev–Trinajstić information content (AvgIpc) is 3.26. The molecule has 1 heterocycles. The van der Waals surface area contributed by atoms with Crippen LogP contribution in [0.25, 0.3) is 0 Å². The summed E-state index contributed by atoms with van der Waals surface area (Å²) in [4.78, 5) is 18.2. The van der Waals surface area contributed by atoms with Crippen molar-refractivity contribution in [2.45, 2.75) is 50.9 Å². The molecule has 18 heavy (non-hydrogen) atoms. The summed E-state index contributed by atoms with van der Waals surface area (Å²) in [6, 6.07) is 1.15. The largest absolute Gasteiger partial charge is 0.341 e. The molecule has 0 bridgehead atoms. The molecule has 2 fully saturated rings. The Labute approximate surface area is 107 Å². The van der Waals surface area contributed by atoms with Crippen molar-refractivity contribution in [3.63, 3.8) is 0 Å². The molecule has 2 saturated carbocycles. The van der Waals surface area contributed by atoms with Crippen molar-refractivity contribution in [1.82, 2.24) is 19.8 Å². The first kappa shape index (κ1) is 11.7. The Morgan fingerprint density at radius 3 is 2.94 bits per heavy atom. The van der Waals surface area contributed by atoms with Gasteiger partial charge in [0.05, 0.1) is 6.54 Å². The van der Waals surface area contributed by atoms with Crippen molar-refractivity contribution in [3.8, 4) is 0 Å². The van der Waals surface area contributed by atoms with Gasteiger partial charge in [0.2, 0.25) is 5.91 Å². The predicted molar refractivity (Wildman–Crippen MR) is 67.9 cm³/mol. The molecule has 1 amide bonds. The normalized spacial score (nSPS) is 18.9. The lowest BCUT2D eigenvalue weighted by atomic mass is 10.4. The molecule has 98 valence electrons. The maximum absolute atomic E-state index is 12.1.